The maximum absolute atomic E-state index is 12.7. The average molecular weight is 873 g/mol. The summed E-state index contributed by atoms with van der Waals surface area (Å²) in [4.78, 5) is 36.1. The monoisotopic (exact) mass is 873 g/mol. The normalized spacial score (nSPS) is 12.7. The fourth-order valence-corrected chi connectivity index (χ4v) is 8.38. The van der Waals surface area contributed by atoms with Gasteiger partial charge in [0.15, 0.2) is 0 Å². The molecule has 0 aliphatic heterocycles. The highest BCUT2D eigenvalue weighted by Gasteiger charge is 2.12. The van der Waals surface area contributed by atoms with Crippen molar-refractivity contribution in [2.75, 3.05) is 13.2 Å². The van der Waals surface area contributed by atoms with Crippen molar-refractivity contribution < 1.29 is 29.0 Å². The first kappa shape index (κ1) is 59.9. The number of carbonyl (C=O) groups is 3. The molecule has 0 heterocycles. The summed E-state index contributed by atoms with van der Waals surface area (Å²) in [5.41, 5.74) is 0. The van der Waals surface area contributed by atoms with Gasteiger partial charge in [-0.05, 0) is 57.8 Å². The van der Waals surface area contributed by atoms with Crippen LogP contribution in [-0.4, -0.2) is 36.2 Å². The molecule has 0 rings (SSSR count). The van der Waals surface area contributed by atoms with E-state index in [1.165, 1.54) is 154 Å². The van der Waals surface area contributed by atoms with Gasteiger partial charge >= 0.3 is 17.9 Å². The van der Waals surface area contributed by atoms with Crippen LogP contribution < -0.4 is 0 Å². The minimum Gasteiger partial charge on any atom is -0.481 e. The fourth-order valence-electron chi connectivity index (χ4n) is 8.38. The van der Waals surface area contributed by atoms with Gasteiger partial charge in [-0.3, -0.25) is 14.4 Å². The Bertz CT molecular complexity index is 1020. The third-order valence-electron chi connectivity index (χ3n) is 12.6. The van der Waals surface area contributed by atoms with E-state index >= 15 is 0 Å². The van der Waals surface area contributed by atoms with Gasteiger partial charge in [0.05, 0.1) is 13.2 Å². The Morgan fingerprint density at radius 3 is 0.968 bits per heavy atom. The molecule has 0 aromatic carbocycles. The Labute approximate surface area is 385 Å². The summed E-state index contributed by atoms with van der Waals surface area (Å²) in [5.74, 6) is -0.257. The summed E-state index contributed by atoms with van der Waals surface area (Å²) in [5, 5.41) is 8.83. The minimum atomic E-state index is -0.708. The summed E-state index contributed by atoms with van der Waals surface area (Å²) in [6, 6.07) is 0. The molecule has 1 N–H and O–H groups in total. The Morgan fingerprint density at radius 1 is 0.371 bits per heavy atom. The molecule has 0 aliphatic rings. The minimum absolute atomic E-state index is 0.0315. The van der Waals surface area contributed by atoms with Crippen LogP contribution in [0.3, 0.4) is 0 Å². The molecule has 6 nitrogen and oxygen atoms in total. The predicted molar refractivity (Wildman–Crippen MR) is 266 cm³/mol. The zero-order valence-electron chi connectivity index (χ0n) is 41.6. The Kier molecular flexibility index (Phi) is 48.2. The molecule has 2 unspecified atom stereocenters. The second-order valence-electron chi connectivity index (χ2n) is 18.9. The van der Waals surface area contributed by atoms with Crippen LogP contribution in [0.1, 0.15) is 290 Å². The van der Waals surface area contributed by atoms with Gasteiger partial charge in [0.2, 0.25) is 0 Å². The van der Waals surface area contributed by atoms with Crippen LogP contribution in [0.2, 0.25) is 0 Å². The van der Waals surface area contributed by atoms with Crippen molar-refractivity contribution in [3.8, 4) is 0 Å². The van der Waals surface area contributed by atoms with Crippen LogP contribution in [0.25, 0.3) is 0 Å². The van der Waals surface area contributed by atoms with Gasteiger partial charge in [-0.15, -0.1) is 0 Å². The second kappa shape index (κ2) is 49.9. The highest BCUT2D eigenvalue weighted by molar-refractivity contribution is 5.69. The van der Waals surface area contributed by atoms with E-state index < -0.39 is 5.97 Å². The number of esters is 2. The van der Waals surface area contributed by atoms with E-state index in [2.05, 4.69) is 45.1 Å². The van der Waals surface area contributed by atoms with Crippen molar-refractivity contribution in [2.24, 2.45) is 11.8 Å². The molecule has 0 aromatic heterocycles. The second-order valence-corrected chi connectivity index (χ2v) is 18.9. The largest absolute Gasteiger partial charge is 0.481 e. The zero-order chi connectivity index (χ0) is 45.2. The predicted octanol–water partition coefficient (Wildman–Crippen LogP) is 17.9. The van der Waals surface area contributed by atoms with Gasteiger partial charge in [-0.25, -0.2) is 0 Å². The number of unbranched alkanes of at least 4 members (excludes halogenated alkanes) is 32. The van der Waals surface area contributed by atoms with E-state index in [-0.39, 0.29) is 30.2 Å². The number of carboxylic acid groups (broad SMARTS) is 1. The Balaban J connectivity index is 4.41. The number of allylic oxidation sites excluding steroid dienone is 2. The molecule has 0 radical (unpaired) electrons. The molecule has 0 fully saturated rings. The molecular weight excluding hydrogens is 769 g/mol. The summed E-state index contributed by atoms with van der Waals surface area (Å²) in [7, 11) is 0. The third kappa shape index (κ3) is 47.4. The maximum atomic E-state index is 12.7. The Morgan fingerprint density at radius 2 is 0.645 bits per heavy atom. The van der Waals surface area contributed by atoms with E-state index in [0.717, 1.165) is 96.3 Å². The first-order chi connectivity index (χ1) is 30.4. The molecule has 0 saturated heterocycles. The maximum Gasteiger partial charge on any atom is 0.305 e. The molecule has 0 aliphatic carbocycles. The average Bonchev–Trinajstić information content (AvgIpc) is 3.26. The molecule has 6 heteroatoms. The summed E-state index contributed by atoms with van der Waals surface area (Å²) in [6.45, 7) is 7.76. The van der Waals surface area contributed by atoms with E-state index in [0.29, 0.717) is 26.1 Å². The van der Waals surface area contributed by atoms with Crippen molar-refractivity contribution in [1.29, 1.82) is 0 Å². The number of carbonyl (C=O) groups excluding carboxylic acids is 2. The van der Waals surface area contributed by atoms with Crippen LogP contribution in [0.5, 0.6) is 0 Å². The SMILES string of the molecule is CCCCCCC/C=C/C(CCCCCCCC(=O)OCC(/C=C/CCCCCCC(=O)O)CCCCCCCC)COC(=O)CCCCCCCCCCCCCCCCC. The smallest absolute Gasteiger partial charge is 0.305 e. The number of carboxylic acids is 1. The summed E-state index contributed by atoms with van der Waals surface area (Å²) >= 11 is 0. The standard InChI is InChI=1S/C56H104O6/c1-4-7-10-13-16-17-18-19-20-21-22-23-25-34-41-48-55(59)61-51-53(44-37-30-24-14-11-8-5-2)46-39-32-28-35-42-49-56(60)62-50-52(43-36-29-15-12-9-6-3)45-38-31-26-27-33-40-47-54(57)58/h37-38,44-45,52-53H,4-36,39-43,46-51H2,1-3H3,(H,57,58)/b44-37+,45-38+. The molecule has 0 bridgehead atoms. The lowest BCUT2D eigenvalue weighted by Gasteiger charge is -2.14. The molecule has 62 heavy (non-hydrogen) atoms. The van der Waals surface area contributed by atoms with E-state index in [9.17, 15) is 14.4 Å². The van der Waals surface area contributed by atoms with Crippen molar-refractivity contribution in [3.05, 3.63) is 24.3 Å². The number of rotatable bonds is 50. The molecule has 0 amide bonds. The van der Waals surface area contributed by atoms with Crippen LogP contribution >= 0.6 is 0 Å². The first-order valence-corrected chi connectivity index (χ1v) is 27.3. The van der Waals surface area contributed by atoms with Gasteiger partial charge in [0.25, 0.3) is 0 Å². The molecule has 0 aromatic rings. The third-order valence-corrected chi connectivity index (χ3v) is 12.6. The van der Waals surface area contributed by atoms with E-state index in [1.54, 1.807) is 0 Å². The molecule has 2 atom stereocenters. The highest BCUT2D eigenvalue weighted by atomic mass is 16.5. The summed E-state index contributed by atoms with van der Waals surface area (Å²) in [6.07, 6.45) is 57.7. The van der Waals surface area contributed by atoms with Crippen molar-refractivity contribution >= 4 is 17.9 Å². The lowest BCUT2D eigenvalue weighted by atomic mass is 9.99. The zero-order valence-corrected chi connectivity index (χ0v) is 41.6. The molecule has 0 saturated carbocycles. The van der Waals surface area contributed by atoms with Crippen molar-refractivity contribution in [2.45, 2.75) is 290 Å². The van der Waals surface area contributed by atoms with Crippen LogP contribution in [0, 0.1) is 11.8 Å². The number of ether oxygens (including phenoxy) is 2. The first-order valence-electron chi connectivity index (χ1n) is 27.3. The lowest BCUT2D eigenvalue weighted by Crippen LogP contribution is -2.13. The van der Waals surface area contributed by atoms with Gasteiger partial charge in [-0.2, -0.15) is 0 Å². The lowest BCUT2D eigenvalue weighted by molar-refractivity contribution is -0.145. The topological polar surface area (TPSA) is 89.9 Å². The van der Waals surface area contributed by atoms with Crippen LogP contribution in [0.4, 0.5) is 0 Å². The summed E-state index contributed by atoms with van der Waals surface area (Å²) < 4.78 is 11.6. The van der Waals surface area contributed by atoms with Gasteiger partial charge < -0.3 is 14.6 Å². The van der Waals surface area contributed by atoms with Crippen molar-refractivity contribution in [1.82, 2.24) is 0 Å². The van der Waals surface area contributed by atoms with E-state index in [1.807, 2.05) is 0 Å². The van der Waals surface area contributed by atoms with Gasteiger partial charge in [-0.1, -0.05) is 238 Å². The highest BCUT2D eigenvalue weighted by Crippen LogP contribution is 2.19. The van der Waals surface area contributed by atoms with Crippen LogP contribution in [0.15, 0.2) is 24.3 Å². The molecule has 0 spiro atoms. The van der Waals surface area contributed by atoms with Gasteiger partial charge in [0.1, 0.15) is 0 Å². The fraction of sp³-hybridized carbons (Fsp3) is 0.875. The molecular formula is C56H104O6. The van der Waals surface area contributed by atoms with Crippen LogP contribution in [-0.2, 0) is 23.9 Å². The number of hydrogen-bond donors (Lipinski definition) is 1. The van der Waals surface area contributed by atoms with E-state index in [4.69, 9.17) is 14.6 Å². The van der Waals surface area contributed by atoms with Gasteiger partial charge in [0, 0.05) is 31.1 Å². The number of hydrogen-bond acceptors (Lipinski definition) is 5. The Hall–Kier alpha value is -2.11. The number of aliphatic carboxylic acids is 1. The molecule has 364 valence electrons. The van der Waals surface area contributed by atoms with Crippen molar-refractivity contribution in [3.63, 3.8) is 0 Å². The quantitative estimate of drug-likeness (QED) is 0.0372.